The van der Waals surface area contributed by atoms with E-state index in [4.69, 9.17) is 9.73 Å². The molecule has 1 heterocycles. The Hall–Kier alpha value is -1.84. The highest BCUT2D eigenvalue weighted by molar-refractivity contribution is 6.03. The first-order chi connectivity index (χ1) is 10.6. The Balaban J connectivity index is 2.02. The third kappa shape index (κ3) is 4.58. The zero-order chi connectivity index (χ0) is 15.9. The number of hydrogen-bond acceptors (Lipinski definition) is 4. The molecule has 0 radical (unpaired) electrons. The van der Waals surface area contributed by atoms with Crippen molar-refractivity contribution in [1.82, 2.24) is 4.90 Å². The number of nitrogens with zero attached hydrogens (tertiary/aromatic N) is 3. The van der Waals surface area contributed by atoms with Gasteiger partial charge in [0, 0.05) is 19.5 Å². The van der Waals surface area contributed by atoms with E-state index in [2.05, 4.69) is 36.7 Å². The summed E-state index contributed by atoms with van der Waals surface area (Å²) in [6.45, 7) is 9.52. The van der Waals surface area contributed by atoms with Crippen LogP contribution in [0, 0.1) is 5.92 Å². The molecule has 0 amide bonds. The summed E-state index contributed by atoms with van der Waals surface area (Å²) in [5, 5.41) is 0. The number of aliphatic imine (C=N–C) groups is 2. The molecule has 22 heavy (non-hydrogen) atoms. The molecule has 0 unspecified atom stereocenters. The second-order valence-electron chi connectivity index (χ2n) is 6.13. The van der Waals surface area contributed by atoms with Crippen LogP contribution in [0.2, 0.25) is 0 Å². The van der Waals surface area contributed by atoms with E-state index < -0.39 is 0 Å². The molecule has 0 saturated heterocycles. The third-order valence-electron chi connectivity index (χ3n) is 3.60. The van der Waals surface area contributed by atoms with Crippen molar-refractivity contribution in [2.45, 2.75) is 33.6 Å². The van der Waals surface area contributed by atoms with Gasteiger partial charge in [-0.1, -0.05) is 32.9 Å². The third-order valence-corrected chi connectivity index (χ3v) is 3.60. The zero-order valence-corrected chi connectivity index (χ0v) is 14.2. The van der Waals surface area contributed by atoms with Crippen molar-refractivity contribution in [3.63, 3.8) is 0 Å². The van der Waals surface area contributed by atoms with Crippen LogP contribution in [0.3, 0.4) is 0 Å². The van der Waals surface area contributed by atoms with Crippen LogP contribution in [0.1, 0.15) is 32.8 Å². The molecule has 2 rings (SSSR count). The SMILES string of the molecule is CCCN(CC(C)C)C1=NC(Cc2cccc(OC)c2)=NC1. The van der Waals surface area contributed by atoms with E-state index >= 15 is 0 Å². The first-order valence-electron chi connectivity index (χ1n) is 8.11. The van der Waals surface area contributed by atoms with Crippen molar-refractivity contribution in [3.05, 3.63) is 29.8 Å². The van der Waals surface area contributed by atoms with Crippen LogP contribution in [-0.4, -0.2) is 43.3 Å². The second kappa shape index (κ2) is 7.97. The maximum absolute atomic E-state index is 5.27. The lowest BCUT2D eigenvalue weighted by Gasteiger charge is -2.25. The fourth-order valence-electron chi connectivity index (χ4n) is 2.65. The molecule has 0 bridgehead atoms. The average molecular weight is 301 g/mol. The first-order valence-corrected chi connectivity index (χ1v) is 8.11. The van der Waals surface area contributed by atoms with Crippen LogP contribution in [0.25, 0.3) is 0 Å². The maximum Gasteiger partial charge on any atom is 0.130 e. The van der Waals surface area contributed by atoms with Crippen LogP contribution in [-0.2, 0) is 6.42 Å². The highest BCUT2D eigenvalue weighted by Crippen LogP contribution is 2.15. The molecule has 0 spiro atoms. The number of ether oxygens (including phenoxy) is 1. The quantitative estimate of drug-likeness (QED) is 0.774. The maximum atomic E-state index is 5.27. The smallest absolute Gasteiger partial charge is 0.130 e. The monoisotopic (exact) mass is 301 g/mol. The van der Waals surface area contributed by atoms with Crippen molar-refractivity contribution in [2.24, 2.45) is 15.9 Å². The van der Waals surface area contributed by atoms with Gasteiger partial charge in [-0.15, -0.1) is 0 Å². The summed E-state index contributed by atoms with van der Waals surface area (Å²) in [6, 6.07) is 8.11. The van der Waals surface area contributed by atoms with E-state index in [0.29, 0.717) is 12.5 Å². The van der Waals surface area contributed by atoms with Gasteiger partial charge in [0.25, 0.3) is 0 Å². The zero-order valence-electron chi connectivity index (χ0n) is 14.2. The number of amidine groups is 2. The van der Waals surface area contributed by atoms with Gasteiger partial charge in [-0.2, -0.15) is 0 Å². The van der Waals surface area contributed by atoms with Gasteiger partial charge in [0.1, 0.15) is 17.4 Å². The average Bonchev–Trinajstić information content (AvgIpc) is 2.95. The highest BCUT2D eigenvalue weighted by atomic mass is 16.5. The summed E-state index contributed by atoms with van der Waals surface area (Å²) in [6.07, 6.45) is 1.90. The Labute approximate surface area is 133 Å². The summed E-state index contributed by atoms with van der Waals surface area (Å²) in [5.41, 5.74) is 1.19. The molecule has 120 valence electrons. The molecule has 4 heteroatoms. The van der Waals surface area contributed by atoms with Gasteiger partial charge in [0.05, 0.1) is 13.7 Å². The van der Waals surface area contributed by atoms with Crippen LogP contribution >= 0.6 is 0 Å². The Morgan fingerprint density at radius 3 is 2.82 bits per heavy atom. The molecule has 0 aliphatic carbocycles. The normalized spacial score (nSPS) is 14.0. The minimum Gasteiger partial charge on any atom is -0.497 e. The van der Waals surface area contributed by atoms with Gasteiger partial charge in [0.15, 0.2) is 0 Å². The molecular formula is C18H27N3O. The number of methoxy groups -OCH3 is 1. The standard InChI is InChI=1S/C18H27N3O/c1-5-9-21(13-14(2)3)18-12-19-17(20-18)11-15-7-6-8-16(10-15)22-4/h6-8,10,14H,5,9,11-13H2,1-4H3. The van der Waals surface area contributed by atoms with Crippen molar-refractivity contribution in [2.75, 3.05) is 26.7 Å². The largest absolute Gasteiger partial charge is 0.497 e. The molecule has 0 atom stereocenters. The second-order valence-corrected chi connectivity index (χ2v) is 6.13. The van der Waals surface area contributed by atoms with Gasteiger partial charge in [-0.25, -0.2) is 4.99 Å². The van der Waals surface area contributed by atoms with Crippen molar-refractivity contribution < 1.29 is 4.74 Å². The lowest BCUT2D eigenvalue weighted by molar-refractivity contribution is 0.363. The van der Waals surface area contributed by atoms with Gasteiger partial charge in [-0.3, -0.25) is 4.99 Å². The Morgan fingerprint density at radius 1 is 1.32 bits per heavy atom. The van der Waals surface area contributed by atoms with Crippen molar-refractivity contribution in [3.8, 4) is 5.75 Å². The lowest BCUT2D eigenvalue weighted by Crippen LogP contribution is -2.35. The molecule has 4 nitrogen and oxygen atoms in total. The summed E-state index contributed by atoms with van der Waals surface area (Å²) >= 11 is 0. The van der Waals surface area contributed by atoms with Crippen LogP contribution < -0.4 is 4.74 Å². The molecule has 1 aromatic carbocycles. The summed E-state index contributed by atoms with van der Waals surface area (Å²) in [4.78, 5) is 11.8. The van der Waals surface area contributed by atoms with E-state index in [1.54, 1.807) is 7.11 Å². The molecule has 1 aliphatic heterocycles. The van der Waals surface area contributed by atoms with E-state index in [1.165, 1.54) is 5.56 Å². The minimum atomic E-state index is 0.636. The summed E-state index contributed by atoms with van der Waals surface area (Å²) in [7, 11) is 1.69. The van der Waals surface area contributed by atoms with Crippen LogP contribution in [0.15, 0.2) is 34.3 Å². The van der Waals surface area contributed by atoms with Crippen molar-refractivity contribution in [1.29, 1.82) is 0 Å². The predicted molar refractivity (Wildman–Crippen MR) is 93.1 cm³/mol. The fourth-order valence-corrected chi connectivity index (χ4v) is 2.65. The van der Waals surface area contributed by atoms with Gasteiger partial charge in [0.2, 0.25) is 0 Å². The number of rotatable bonds is 7. The molecular weight excluding hydrogens is 274 g/mol. The molecule has 0 aromatic heterocycles. The lowest BCUT2D eigenvalue weighted by atomic mass is 10.1. The Morgan fingerprint density at radius 2 is 2.14 bits per heavy atom. The Kier molecular flexibility index (Phi) is 5.99. The Bertz CT molecular complexity index is 549. The molecule has 0 N–H and O–H groups in total. The summed E-state index contributed by atoms with van der Waals surface area (Å²) in [5.74, 6) is 3.56. The van der Waals surface area contributed by atoms with E-state index in [1.807, 2.05) is 18.2 Å². The fraction of sp³-hybridized carbons (Fsp3) is 0.556. The van der Waals surface area contributed by atoms with Gasteiger partial charge >= 0.3 is 0 Å². The topological polar surface area (TPSA) is 37.2 Å². The van der Waals surface area contributed by atoms with Gasteiger partial charge < -0.3 is 9.64 Å². The molecule has 0 saturated carbocycles. The van der Waals surface area contributed by atoms with E-state index in [0.717, 1.165) is 43.4 Å². The van der Waals surface area contributed by atoms with Gasteiger partial charge in [-0.05, 0) is 30.0 Å². The molecule has 1 aliphatic rings. The highest BCUT2D eigenvalue weighted by Gasteiger charge is 2.17. The molecule has 0 fully saturated rings. The van der Waals surface area contributed by atoms with E-state index in [9.17, 15) is 0 Å². The number of hydrogen-bond donors (Lipinski definition) is 0. The molecule has 1 aromatic rings. The predicted octanol–water partition coefficient (Wildman–Crippen LogP) is 3.42. The van der Waals surface area contributed by atoms with Crippen LogP contribution in [0.5, 0.6) is 5.75 Å². The van der Waals surface area contributed by atoms with E-state index in [-0.39, 0.29) is 0 Å². The number of benzene rings is 1. The minimum absolute atomic E-state index is 0.636. The van der Waals surface area contributed by atoms with Crippen LogP contribution in [0.4, 0.5) is 0 Å². The summed E-state index contributed by atoms with van der Waals surface area (Å²) < 4.78 is 5.27. The van der Waals surface area contributed by atoms with Crippen molar-refractivity contribution >= 4 is 11.7 Å². The first kappa shape index (κ1) is 16.5.